The van der Waals surface area contributed by atoms with Crippen LogP contribution in [0.5, 0.6) is 0 Å². The molecule has 0 unspecified atom stereocenters. The van der Waals surface area contributed by atoms with Crippen LogP contribution in [-0.2, 0) is 4.79 Å². The lowest BCUT2D eigenvalue weighted by Crippen LogP contribution is -1.91. The Hall–Kier alpha value is -0.830. The molecule has 0 spiro atoms. The quantitative estimate of drug-likeness (QED) is 0.713. The molecule has 0 saturated heterocycles. The monoisotopic (exact) mass is 212 g/mol. The molecular weight excluding hydrogens is 199 g/mol. The van der Waals surface area contributed by atoms with Crippen LogP contribution in [0.2, 0.25) is 0 Å². The summed E-state index contributed by atoms with van der Waals surface area (Å²) in [4.78, 5) is 11.7. The SMILES string of the molecule is CC(=O)CCSc1ccc(F)c(C)c1. The van der Waals surface area contributed by atoms with Crippen molar-refractivity contribution in [3.63, 3.8) is 0 Å². The zero-order chi connectivity index (χ0) is 10.6. The van der Waals surface area contributed by atoms with Crippen molar-refractivity contribution in [3.05, 3.63) is 29.6 Å². The van der Waals surface area contributed by atoms with Crippen molar-refractivity contribution in [2.45, 2.75) is 25.2 Å². The molecule has 0 bridgehead atoms. The molecule has 14 heavy (non-hydrogen) atoms. The smallest absolute Gasteiger partial charge is 0.130 e. The molecule has 76 valence electrons. The van der Waals surface area contributed by atoms with Gasteiger partial charge in [-0.15, -0.1) is 11.8 Å². The molecule has 1 rings (SSSR count). The molecule has 0 amide bonds. The van der Waals surface area contributed by atoms with Crippen molar-refractivity contribution >= 4 is 17.5 Å². The Morgan fingerprint density at radius 3 is 2.79 bits per heavy atom. The zero-order valence-corrected chi connectivity index (χ0v) is 9.16. The van der Waals surface area contributed by atoms with Gasteiger partial charge >= 0.3 is 0 Å². The van der Waals surface area contributed by atoms with Gasteiger partial charge in [0, 0.05) is 17.1 Å². The molecule has 0 heterocycles. The van der Waals surface area contributed by atoms with Crippen molar-refractivity contribution in [1.29, 1.82) is 0 Å². The van der Waals surface area contributed by atoms with E-state index in [2.05, 4.69) is 0 Å². The highest BCUT2D eigenvalue weighted by Crippen LogP contribution is 2.21. The zero-order valence-electron chi connectivity index (χ0n) is 8.34. The van der Waals surface area contributed by atoms with E-state index in [0.29, 0.717) is 12.0 Å². The highest BCUT2D eigenvalue weighted by Gasteiger charge is 2.00. The lowest BCUT2D eigenvalue weighted by Gasteiger charge is -2.02. The molecule has 0 fully saturated rings. The minimum atomic E-state index is -0.180. The molecule has 1 nitrogen and oxygen atoms in total. The Kier molecular flexibility index (Phi) is 4.14. The average molecular weight is 212 g/mol. The minimum Gasteiger partial charge on any atom is -0.300 e. The number of halogens is 1. The van der Waals surface area contributed by atoms with Gasteiger partial charge in [0.25, 0.3) is 0 Å². The second-order valence-electron chi connectivity index (χ2n) is 3.21. The van der Waals surface area contributed by atoms with E-state index in [1.54, 1.807) is 37.7 Å². The first-order valence-electron chi connectivity index (χ1n) is 4.48. The van der Waals surface area contributed by atoms with Gasteiger partial charge in [-0.25, -0.2) is 4.39 Å². The third kappa shape index (κ3) is 3.50. The number of hydrogen-bond acceptors (Lipinski definition) is 2. The van der Waals surface area contributed by atoms with Crippen LogP contribution in [0.1, 0.15) is 18.9 Å². The lowest BCUT2D eigenvalue weighted by molar-refractivity contribution is -0.116. The van der Waals surface area contributed by atoms with E-state index in [4.69, 9.17) is 0 Å². The van der Waals surface area contributed by atoms with Crippen LogP contribution in [0.15, 0.2) is 23.1 Å². The Balaban J connectivity index is 2.51. The number of thioether (sulfide) groups is 1. The van der Waals surface area contributed by atoms with Gasteiger partial charge in [-0.2, -0.15) is 0 Å². The second-order valence-corrected chi connectivity index (χ2v) is 4.38. The maximum Gasteiger partial charge on any atom is 0.130 e. The highest BCUT2D eigenvalue weighted by molar-refractivity contribution is 7.99. The lowest BCUT2D eigenvalue weighted by atomic mass is 10.2. The number of hydrogen-bond donors (Lipinski definition) is 0. The third-order valence-corrected chi connectivity index (χ3v) is 2.85. The standard InChI is InChI=1S/C11H13FOS/c1-8-7-10(3-4-11(8)12)14-6-5-9(2)13/h3-4,7H,5-6H2,1-2H3. The van der Waals surface area contributed by atoms with Crippen LogP contribution in [0.4, 0.5) is 4.39 Å². The molecule has 0 radical (unpaired) electrons. The Morgan fingerprint density at radius 2 is 2.21 bits per heavy atom. The summed E-state index contributed by atoms with van der Waals surface area (Å²) in [5.74, 6) is 0.776. The van der Waals surface area contributed by atoms with Gasteiger partial charge < -0.3 is 0 Å². The van der Waals surface area contributed by atoms with E-state index in [0.717, 1.165) is 10.6 Å². The summed E-state index contributed by atoms with van der Waals surface area (Å²) in [6, 6.07) is 5.01. The second kappa shape index (κ2) is 5.15. The number of carbonyl (C=O) groups excluding carboxylic acids is 1. The van der Waals surface area contributed by atoms with Crippen LogP contribution in [-0.4, -0.2) is 11.5 Å². The van der Waals surface area contributed by atoms with Gasteiger partial charge in [0.1, 0.15) is 11.6 Å². The van der Waals surface area contributed by atoms with Gasteiger partial charge in [-0.3, -0.25) is 4.79 Å². The molecule has 0 aliphatic rings. The van der Waals surface area contributed by atoms with Crippen molar-refractivity contribution < 1.29 is 9.18 Å². The van der Waals surface area contributed by atoms with Crippen LogP contribution in [0.25, 0.3) is 0 Å². The predicted molar refractivity (Wildman–Crippen MR) is 57.2 cm³/mol. The van der Waals surface area contributed by atoms with E-state index in [1.807, 2.05) is 0 Å². The fourth-order valence-corrected chi connectivity index (χ4v) is 2.07. The van der Waals surface area contributed by atoms with Crippen LogP contribution < -0.4 is 0 Å². The summed E-state index contributed by atoms with van der Waals surface area (Å²) in [7, 11) is 0. The topological polar surface area (TPSA) is 17.1 Å². The molecule has 3 heteroatoms. The van der Waals surface area contributed by atoms with E-state index in [1.165, 1.54) is 6.07 Å². The summed E-state index contributed by atoms with van der Waals surface area (Å²) >= 11 is 1.58. The molecule has 0 aliphatic heterocycles. The van der Waals surface area contributed by atoms with Crippen molar-refractivity contribution in [2.75, 3.05) is 5.75 Å². The number of benzene rings is 1. The normalized spacial score (nSPS) is 10.2. The Labute approximate surface area is 87.7 Å². The first kappa shape index (κ1) is 11.2. The number of aryl methyl sites for hydroxylation is 1. The maximum absolute atomic E-state index is 12.9. The first-order chi connectivity index (χ1) is 6.59. The molecular formula is C11H13FOS. The average Bonchev–Trinajstić information content (AvgIpc) is 2.10. The number of ketones is 1. The molecule has 0 N–H and O–H groups in total. The number of Topliss-reactive ketones (excluding diaryl/α,β-unsaturated/α-hetero) is 1. The molecule has 0 atom stereocenters. The van der Waals surface area contributed by atoms with E-state index >= 15 is 0 Å². The molecule has 0 aromatic heterocycles. The number of rotatable bonds is 4. The largest absolute Gasteiger partial charge is 0.300 e. The fraction of sp³-hybridized carbons (Fsp3) is 0.364. The summed E-state index contributed by atoms with van der Waals surface area (Å²) < 4.78 is 12.9. The fourth-order valence-electron chi connectivity index (χ4n) is 1.02. The van der Waals surface area contributed by atoms with Gasteiger partial charge in [0.15, 0.2) is 0 Å². The van der Waals surface area contributed by atoms with Gasteiger partial charge in [0.2, 0.25) is 0 Å². The number of carbonyl (C=O) groups is 1. The van der Waals surface area contributed by atoms with E-state index < -0.39 is 0 Å². The third-order valence-electron chi connectivity index (χ3n) is 1.85. The summed E-state index contributed by atoms with van der Waals surface area (Å²) in [5, 5.41) is 0. The summed E-state index contributed by atoms with van der Waals surface area (Å²) in [6.07, 6.45) is 0.571. The Bertz CT molecular complexity index is 336. The van der Waals surface area contributed by atoms with Crippen molar-refractivity contribution in [2.24, 2.45) is 0 Å². The van der Waals surface area contributed by atoms with Gasteiger partial charge in [0.05, 0.1) is 0 Å². The minimum absolute atomic E-state index is 0.180. The Morgan fingerprint density at radius 1 is 1.50 bits per heavy atom. The molecule has 1 aromatic carbocycles. The van der Waals surface area contributed by atoms with Gasteiger partial charge in [-0.1, -0.05) is 0 Å². The van der Waals surface area contributed by atoms with E-state index in [-0.39, 0.29) is 11.6 Å². The van der Waals surface area contributed by atoms with Crippen LogP contribution in [0.3, 0.4) is 0 Å². The van der Waals surface area contributed by atoms with Crippen molar-refractivity contribution in [3.8, 4) is 0 Å². The van der Waals surface area contributed by atoms with E-state index in [9.17, 15) is 9.18 Å². The summed E-state index contributed by atoms with van der Waals surface area (Å²) in [6.45, 7) is 3.32. The summed E-state index contributed by atoms with van der Waals surface area (Å²) in [5.41, 5.74) is 0.651. The van der Waals surface area contributed by atoms with Crippen LogP contribution >= 0.6 is 11.8 Å². The molecule has 0 aliphatic carbocycles. The maximum atomic E-state index is 12.9. The highest BCUT2D eigenvalue weighted by atomic mass is 32.2. The van der Waals surface area contributed by atoms with Crippen molar-refractivity contribution in [1.82, 2.24) is 0 Å². The molecule has 1 aromatic rings. The van der Waals surface area contributed by atoms with Gasteiger partial charge in [-0.05, 0) is 37.6 Å². The molecule has 0 saturated carbocycles. The van der Waals surface area contributed by atoms with Crippen LogP contribution in [0, 0.1) is 12.7 Å². The predicted octanol–water partition coefficient (Wildman–Crippen LogP) is 3.21. The first-order valence-corrected chi connectivity index (χ1v) is 5.46.